The number of hydrogen-bond acceptors (Lipinski definition) is 3. The van der Waals surface area contributed by atoms with Gasteiger partial charge in [0.15, 0.2) is 0 Å². The van der Waals surface area contributed by atoms with E-state index >= 15 is 0 Å². The molecule has 0 saturated carbocycles. The fourth-order valence-electron chi connectivity index (χ4n) is 2.16. The fourth-order valence-corrected chi connectivity index (χ4v) is 2.85. The monoisotopic (exact) mass is 364 g/mol. The van der Waals surface area contributed by atoms with Crippen LogP contribution >= 0.6 is 0 Å². The standard InChI is InChI=1S/C14H10O3S.Ag/c15-18(16,17)14-7-3-6-12-8-10-4-1-2-5-11(10)9-13(12)14;/h1-9H,(H,15,16,17);/q;+1/p-1. The van der Waals surface area contributed by atoms with Gasteiger partial charge in [-0.1, -0.05) is 36.4 Å². The predicted molar refractivity (Wildman–Crippen MR) is 69.4 cm³/mol. The molecule has 19 heavy (non-hydrogen) atoms. The predicted octanol–water partition coefficient (Wildman–Crippen LogP) is 2.89. The van der Waals surface area contributed by atoms with Gasteiger partial charge in [-0.25, -0.2) is 8.42 Å². The summed E-state index contributed by atoms with van der Waals surface area (Å²) < 4.78 is 33.7. The molecule has 0 fully saturated rings. The van der Waals surface area contributed by atoms with Gasteiger partial charge in [-0.3, -0.25) is 0 Å². The molecule has 3 nitrogen and oxygen atoms in total. The zero-order valence-electron chi connectivity index (χ0n) is 9.63. The normalized spacial score (nSPS) is 11.4. The van der Waals surface area contributed by atoms with Crippen LogP contribution < -0.4 is 0 Å². The van der Waals surface area contributed by atoms with Crippen molar-refractivity contribution in [1.82, 2.24) is 0 Å². The van der Waals surface area contributed by atoms with E-state index in [0.29, 0.717) is 5.39 Å². The van der Waals surface area contributed by atoms with Gasteiger partial charge in [0.25, 0.3) is 0 Å². The van der Waals surface area contributed by atoms with E-state index in [2.05, 4.69) is 0 Å². The van der Waals surface area contributed by atoms with Crippen LogP contribution in [-0.2, 0) is 32.5 Å². The van der Waals surface area contributed by atoms with Crippen LogP contribution in [-0.4, -0.2) is 13.0 Å². The molecule has 0 aliphatic carbocycles. The zero-order valence-corrected chi connectivity index (χ0v) is 11.9. The third kappa shape index (κ3) is 2.59. The van der Waals surface area contributed by atoms with Gasteiger partial charge >= 0.3 is 22.4 Å². The van der Waals surface area contributed by atoms with Crippen molar-refractivity contribution < 1.29 is 35.4 Å². The molecule has 0 unspecified atom stereocenters. The maximum Gasteiger partial charge on any atom is 1.00 e. The number of fused-ring (bicyclic) bond motifs is 2. The van der Waals surface area contributed by atoms with Gasteiger partial charge in [0.2, 0.25) is 0 Å². The molecular weight excluding hydrogens is 356 g/mol. The second-order valence-electron chi connectivity index (χ2n) is 4.13. The first-order valence-corrected chi connectivity index (χ1v) is 6.84. The van der Waals surface area contributed by atoms with E-state index in [1.807, 2.05) is 30.3 Å². The molecule has 3 rings (SSSR count). The average molecular weight is 365 g/mol. The second kappa shape index (κ2) is 5.07. The first-order chi connectivity index (χ1) is 8.55. The molecule has 5 heteroatoms. The Bertz CT molecular complexity index is 857. The molecule has 0 amide bonds. The van der Waals surface area contributed by atoms with Gasteiger partial charge < -0.3 is 4.55 Å². The summed E-state index contributed by atoms with van der Waals surface area (Å²) in [5.74, 6) is 0. The summed E-state index contributed by atoms with van der Waals surface area (Å²) in [6.07, 6.45) is 0. The Labute approximate surface area is 126 Å². The second-order valence-corrected chi connectivity index (χ2v) is 5.48. The van der Waals surface area contributed by atoms with Crippen LogP contribution in [0, 0.1) is 0 Å². The molecule has 0 heterocycles. The van der Waals surface area contributed by atoms with Crippen molar-refractivity contribution in [3.63, 3.8) is 0 Å². The Morgan fingerprint density at radius 2 is 1.37 bits per heavy atom. The number of hydrogen-bond donors (Lipinski definition) is 0. The molecule has 0 aliphatic rings. The van der Waals surface area contributed by atoms with Crippen LogP contribution in [0.15, 0.2) is 59.5 Å². The summed E-state index contributed by atoms with van der Waals surface area (Å²) in [5.41, 5.74) is 0. The first-order valence-electron chi connectivity index (χ1n) is 5.43. The molecule has 3 aromatic carbocycles. The summed E-state index contributed by atoms with van der Waals surface area (Å²) >= 11 is 0. The van der Waals surface area contributed by atoms with Crippen molar-refractivity contribution >= 4 is 31.7 Å². The molecular formula is C14H9AgO3S. The van der Waals surface area contributed by atoms with E-state index < -0.39 is 10.1 Å². The van der Waals surface area contributed by atoms with Gasteiger partial charge in [0.1, 0.15) is 10.1 Å². The SMILES string of the molecule is O=S(=O)([O-])c1cccc2cc3ccccc3cc12.[Ag+]. The van der Waals surface area contributed by atoms with Crippen LogP contribution in [0.1, 0.15) is 0 Å². The minimum atomic E-state index is -4.45. The summed E-state index contributed by atoms with van der Waals surface area (Å²) in [6.45, 7) is 0. The van der Waals surface area contributed by atoms with Crippen molar-refractivity contribution in [2.24, 2.45) is 0 Å². The Balaban J connectivity index is 0.00000133. The van der Waals surface area contributed by atoms with Crippen molar-refractivity contribution in [1.29, 1.82) is 0 Å². The Morgan fingerprint density at radius 1 is 0.789 bits per heavy atom. The van der Waals surface area contributed by atoms with E-state index in [-0.39, 0.29) is 27.3 Å². The van der Waals surface area contributed by atoms with Crippen LogP contribution in [0.5, 0.6) is 0 Å². The van der Waals surface area contributed by atoms with Gasteiger partial charge in [0.05, 0.1) is 4.90 Å². The Kier molecular flexibility index (Phi) is 3.80. The fraction of sp³-hybridized carbons (Fsp3) is 0. The van der Waals surface area contributed by atoms with Gasteiger partial charge in [-0.05, 0) is 39.7 Å². The maximum absolute atomic E-state index is 11.2. The number of rotatable bonds is 1. The molecule has 0 radical (unpaired) electrons. The Hall–Kier alpha value is -1.17. The molecule has 0 spiro atoms. The van der Waals surface area contributed by atoms with Crippen molar-refractivity contribution in [2.45, 2.75) is 4.90 Å². The summed E-state index contributed by atoms with van der Waals surface area (Å²) in [7, 11) is -4.45. The van der Waals surface area contributed by atoms with Gasteiger partial charge in [-0.2, -0.15) is 0 Å². The van der Waals surface area contributed by atoms with Gasteiger partial charge in [0, 0.05) is 0 Å². The molecule has 0 aliphatic heterocycles. The third-order valence-corrected chi connectivity index (χ3v) is 3.87. The van der Waals surface area contributed by atoms with Crippen LogP contribution in [0.2, 0.25) is 0 Å². The van der Waals surface area contributed by atoms with Crippen molar-refractivity contribution in [2.75, 3.05) is 0 Å². The van der Waals surface area contributed by atoms with Gasteiger partial charge in [-0.15, -0.1) is 0 Å². The van der Waals surface area contributed by atoms with Crippen molar-refractivity contribution in [3.05, 3.63) is 54.6 Å². The van der Waals surface area contributed by atoms with Crippen LogP contribution in [0.4, 0.5) is 0 Å². The van der Waals surface area contributed by atoms with E-state index in [0.717, 1.165) is 16.2 Å². The molecule has 0 saturated heterocycles. The smallest absolute Gasteiger partial charge is 0.744 e. The maximum atomic E-state index is 11.2. The molecule has 100 valence electrons. The van der Waals surface area contributed by atoms with Crippen LogP contribution in [0.25, 0.3) is 21.5 Å². The van der Waals surface area contributed by atoms with Crippen LogP contribution in [0.3, 0.4) is 0 Å². The summed E-state index contributed by atoms with van der Waals surface area (Å²) in [6, 6.07) is 16.0. The average Bonchev–Trinajstić information content (AvgIpc) is 2.34. The molecule has 0 N–H and O–H groups in total. The minimum absolute atomic E-state index is 0. The largest absolute Gasteiger partial charge is 1.00 e. The minimum Gasteiger partial charge on any atom is -0.744 e. The van der Waals surface area contributed by atoms with E-state index in [4.69, 9.17) is 0 Å². The summed E-state index contributed by atoms with van der Waals surface area (Å²) in [5, 5.41) is 3.17. The van der Waals surface area contributed by atoms with E-state index in [1.165, 1.54) is 6.07 Å². The summed E-state index contributed by atoms with van der Waals surface area (Å²) in [4.78, 5) is -0.161. The topological polar surface area (TPSA) is 57.2 Å². The first kappa shape index (κ1) is 14.2. The van der Waals surface area contributed by atoms with E-state index in [9.17, 15) is 13.0 Å². The molecule has 3 aromatic rings. The third-order valence-electron chi connectivity index (χ3n) is 2.98. The number of benzene rings is 3. The quantitative estimate of drug-likeness (QED) is 0.379. The van der Waals surface area contributed by atoms with Crippen molar-refractivity contribution in [3.8, 4) is 0 Å². The zero-order chi connectivity index (χ0) is 12.8. The Morgan fingerprint density at radius 3 is 2.00 bits per heavy atom. The van der Waals surface area contributed by atoms with E-state index in [1.54, 1.807) is 18.2 Å². The molecule has 0 aromatic heterocycles. The molecule has 0 bridgehead atoms. The molecule has 0 atom stereocenters.